The third kappa shape index (κ3) is 2.77. The molecule has 3 heteroatoms. The minimum absolute atomic E-state index is 0.667. The molecule has 0 fully saturated rings. The number of hydrogen-bond donors (Lipinski definition) is 0. The average Bonchev–Trinajstić information content (AvgIpc) is 3.00. The van der Waals surface area contributed by atoms with Crippen LogP contribution in [0.1, 0.15) is 18.9 Å². The third-order valence-corrected chi connectivity index (χ3v) is 3.59. The summed E-state index contributed by atoms with van der Waals surface area (Å²) in [6.45, 7) is 3.04. The Kier molecular flexibility index (Phi) is 4.02. The van der Waals surface area contributed by atoms with E-state index in [1.807, 2.05) is 42.5 Å². The van der Waals surface area contributed by atoms with Crippen molar-refractivity contribution in [3.05, 3.63) is 66.2 Å². The predicted octanol–water partition coefficient (Wildman–Crippen LogP) is 4.50. The molecule has 3 rings (SSSR count). The Hall–Kier alpha value is -2.86. The summed E-state index contributed by atoms with van der Waals surface area (Å²) < 4.78 is 2.06. The second kappa shape index (κ2) is 6.28. The summed E-state index contributed by atoms with van der Waals surface area (Å²) in [5.74, 6) is 0. The fraction of sp³-hybridized carbons (Fsp3) is 0.158. The number of nitrogens with zero attached hydrogens (tertiary/aromatic N) is 3. The summed E-state index contributed by atoms with van der Waals surface area (Å²) >= 11 is 0. The van der Waals surface area contributed by atoms with Gasteiger partial charge in [-0.2, -0.15) is 10.4 Å². The molecule has 108 valence electrons. The molecule has 0 saturated carbocycles. The molecule has 2 aromatic carbocycles. The Bertz CT molecular complexity index is 793. The Morgan fingerprint density at radius 2 is 1.73 bits per heavy atom. The van der Waals surface area contributed by atoms with Crippen molar-refractivity contribution < 1.29 is 0 Å². The highest BCUT2D eigenvalue weighted by molar-refractivity contribution is 5.69. The molecule has 0 aliphatic heterocycles. The molecule has 1 heterocycles. The van der Waals surface area contributed by atoms with Crippen molar-refractivity contribution in [2.75, 3.05) is 0 Å². The summed E-state index contributed by atoms with van der Waals surface area (Å²) in [6, 6.07) is 22.1. The van der Waals surface area contributed by atoms with Crippen molar-refractivity contribution in [1.29, 1.82) is 5.26 Å². The SMILES string of the molecule is CCCn1nc(-c2ccc(C#N)cc2)cc1-c1ccccc1. The lowest BCUT2D eigenvalue weighted by atomic mass is 10.1. The number of benzene rings is 2. The molecule has 0 aliphatic carbocycles. The molecule has 22 heavy (non-hydrogen) atoms. The van der Waals surface area contributed by atoms with Gasteiger partial charge < -0.3 is 0 Å². The van der Waals surface area contributed by atoms with Gasteiger partial charge in [0, 0.05) is 12.1 Å². The lowest BCUT2D eigenvalue weighted by molar-refractivity contribution is 0.611. The van der Waals surface area contributed by atoms with Crippen molar-refractivity contribution >= 4 is 0 Å². The molecule has 0 radical (unpaired) electrons. The zero-order chi connectivity index (χ0) is 15.4. The summed E-state index contributed by atoms with van der Waals surface area (Å²) in [5.41, 5.74) is 4.94. The molecular weight excluding hydrogens is 270 g/mol. The lowest BCUT2D eigenvalue weighted by Crippen LogP contribution is -2.01. The third-order valence-electron chi connectivity index (χ3n) is 3.59. The smallest absolute Gasteiger partial charge is 0.0991 e. The summed E-state index contributed by atoms with van der Waals surface area (Å²) in [5, 5.41) is 13.6. The van der Waals surface area contributed by atoms with Crippen LogP contribution in [0.2, 0.25) is 0 Å². The van der Waals surface area contributed by atoms with E-state index in [4.69, 9.17) is 10.4 Å². The standard InChI is InChI=1S/C19H17N3/c1-2-12-22-19(17-6-4-3-5-7-17)13-18(21-22)16-10-8-15(14-20)9-11-16/h3-11,13H,2,12H2,1H3. The van der Waals surface area contributed by atoms with Crippen molar-refractivity contribution in [1.82, 2.24) is 9.78 Å². The van der Waals surface area contributed by atoms with Crippen LogP contribution in [-0.4, -0.2) is 9.78 Å². The van der Waals surface area contributed by atoms with E-state index >= 15 is 0 Å². The van der Waals surface area contributed by atoms with Crippen LogP contribution in [0.4, 0.5) is 0 Å². The Morgan fingerprint density at radius 3 is 2.36 bits per heavy atom. The van der Waals surface area contributed by atoms with Gasteiger partial charge in [-0.3, -0.25) is 4.68 Å². The highest BCUT2D eigenvalue weighted by Crippen LogP contribution is 2.26. The van der Waals surface area contributed by atoms with E-state index in [0.717, 1.165) is 29.9 Å². The molecule has 0 amide bonds. The van der Waals surface area contributed by atoms with E-state index in [1.54, 1.807) is 0 Å². The van der Waals surface area contributed by atoms with Gasteiger partial charge in [0.05, 0.1) is 23.0 Å². The zero-order valence-electron chi connectivity index (χ0n) is 12.5. The van der Waals surface area contributed by atoms with Gasteiger partial charge in [-0.05, 0) is 30.2 Å². The summed E-state index contributed by atoms with van der Waals surface area (Å²) in [7, 11) is 0. The zero-order valence-corrected chi connectivity index (χ0v) is 12.5. The fourth-order valence-corrected chi connectivity index (χ4v) is 2.50. The number of aromatic nitrogens is 2. The molecule has 0 saturated heterocycles. The molecule has 3 aromatic rings. The van der Waals surface area contributed by atoms with Gasteiger partial charge in [0.2, 0.25) is 0 Å². The molecule has 0 N–H and O–H groups in total. The number of rotatable bonds is 4. The van der Waals surface area contributed by atoms with E-state index < -0.39 is 0 Å². The average molecular weight is 287 g/mol. The monoisotopic (exact) mass is 287 g/mol. The van der Waals surface area contributed by atoms with Gasteiger partial charge in [-0.25, -0.2) is 0 Å². The number of nitriles is 1. The normalized spacial score (nSPS) is 10.4. The van der Waals surface area contributed by atoms with Crippen molar-refractivity contribution in [2.24, 2.45) is 0 Å². The van der Waals surface area contributed by atoms with Crippen LogP contribution in [0.15, 0.2) is 60.7 Å². The van der Waals surface area contributed by atoms with Crippen LogP contribution in [0, 0.1) is 11.3 Å². The minimum Gasteiger partial charge on any atom is -0.264 e. The van der Waals surface area contributed by atoms with Crippen LogP contribution >= 0.6 is 0 Å². The van der Waals surface area contributed by atoms with Crippen molar-refractivity contribution in [3.8, 4) is 28.6 Å². The van der Waals surface area contributed by atoms with Crippen LogP contribution < -0.4 is 0 Å². The van der Waals surface area contributed by atoms with Crippen LogP contribution in [0.3, 0.4) is 0 Å². The summed E-state index contributed by atoms with van der Waals surface area (Å²) in [4.78, 5) is 0. The van der Waals surface area contributed by atoms with Gasteiger partial charge >= 0.3 is 0 Å². The first-order valence-electron chi connectivity index (χ1n) is 7.45. The van der Waals surface area contributed by atoms with Gasteiger partial charge in [-0.15, -0.1) is 0 Å². The quantitative estimate of drug-likeness (QED) is 0.709. The molecule has 3 nitrogen and oxygen atoms in total. The van der Waals surface area contributed by atoms with Gasteiger partial charge in [-0.1, -0.05) is 49.4 Å². The maximum Gasteiger partial charge on any atom is 0.0991 e. The minimum atomic E-state index is 0.667. The first-order chi connectivity index (χ1) is 10.8. The molecule has 0 unspecified atom stereocenters. The van der Waals surface area contributed by atoms with Gasteiger partial charge in [0.25, 0.3) is 0 Å². The fourth-order valence-electron chi connectivity index (χ4n) is 2.50. The molecule has 1 aromatic heterocycles. The molecule has 0 bridgehead atoms. The van der Waals surface area contributed by atoms with E-state index in [-0.39, 0.29) is 0 Å². The number of aryl methyl sites for hydroxylation is 1. The first-order valence-corrected chi connectivity index (χ1v) is 7.45. The molecule has 0 atom stereocenters. The topological polar surface area (TPSA) is 41.6 Å². The van der Waals surface area contributed by atoms with Crippen LogP contribution in [0.5, 0.6) is 0 Å². The van der Waals surface area contributed by atoms with E-state index in [9.17, 15) is 0 Å². The van der Waals surface area contributed by atoms with E-state index in [2.05, 4.69) is 35.9 Å². The largest absolute Gasteiger partial charge is 0.264 e. The van der Waals surface area contributed by atoms with Crippen molar-refractivity contribution in [3.63, 3.8) is 0 Å². The molecule has 0 aliphatic rings. The van der Waals surface area contributed by atoms with Crippen molar-refractivity contribution in [2.45, 2.75) is 19.9 Å². The second-order valence-electron chi connectivity index (χ2n) is 5.19. The van der Waals surface area contributed by atoms with Gasteiger partial charge in [0.1, 0.15) is 0 Å². The van der Waals surface area contributed by atoms with E-state index in [1.165, 1.54) is 5.56 Å². The Labute approximate surface area is 130 Å². The maximum atomic E-state index is 8.90. The van der Waals surface area contributed by atoms with Gasteiger partial charge in [0.15, 0.2) is 0 Å². The predicted molar refractivity (Wildman–Crippen MR) is 88.1 cm³/mol. The highest BCUT2D eigenvalue weighted by atomic mass is 15.3. The first kappa shape index (κ1) is 14.1. The second-order valence-corrected chi connectivity index (χ2v) is 5.19. The lowest BCUT2D eigenvalue weighted by Gasteiger charge is -2.05. The van der Waals surface area contributed by atoms with Crippen LogP contribution in [-0.2, 0) is 6.54 Å². The Balaban J connectivity index is 2.04. The van der Waals surface area contributed by atoms with E-state index in [0.29, 0.717) is 5.56 Å². The molecule has 0 spiro atoms. The summed E-state index contributed by atoms with van der Waals surface area (Å²) in [6.07, 6.45) is 1.04. The highest BCUT2D eigenvalue weighted by Gasteiger charge is 2.10. The van der Waals surface area contributed by atoms with Crippen LogP contribution in [0.25, 0.3) is 22.5 Å². The Morgan fingerprint density at radius 1 is 1.00 bits per heavy atom. The maximum absolute atomic E-state index is 8.90. The molecular formula is C19H17N3. The number of hydrogen-bond acceptors (Lipinski definition) is 2.